The molecule has 4 atom stereocenters. The van der Waals surface area contributed by atoms with Crippen LogP contribution in [0, 0.1) is 17.8 Å². The zero-order chi connectivity index (χ0) is 26.0. The summed E-state index contributed by atoms with van der Waals surface area (Å²) >= 11 is 0. The Morgan fingerprint density at radius 3 is 2.43 bits per heavy atom. The van der Waals surface area contributed by atoms with Crippen LogP contribution in [0.3, 0.4) is 0 Å². The molecule has 4 aliphatic rings. The Hall–Kier alpha value is -4.26. The van der Waals surface area contributed by atoms with Gasteiger partial charge in [-0.2, -0.15) is 0 Å². The molecule has 6 rings (SSSR count). The quantitative estimate of drug-likeness (QED) is 0.392. The first-order valence-electron chi connectivity index (χ1n) is 12.3. The molecule has 2 aromatic carbocycles. The molecule has 0 aromatic heterocycles. The Morgan fingerprint density at radius 1 is 0.946 bits per heavy atom. The Balaban J connectivity index is 1.52. The number of aromatic hydroxyl groups is 1. The van der Waals surface area contributed by atoms with E-state index in [1.165, 1.54) is 18.1 Å². The normalized spacial score (nSPS) is 26.9. The van der Waals surface area contributed by atoms with Crippen LogP contribution in [0.25, 0.3) is 0 Å². The van der Waals surface area contributed by atoms with E-state index in [0.29, 0.717) is 34.4 Å². The third-order valence-electron chi connectivity index (χ3n) is 8.14. The number of hydrogen-bond donors (Lipinski definition) is 1. The summed E-state index contributed by atoms with van der Waals surface area (Å²) in [6.45, 7) is 1.61. The average Bonchev–Trinajstić information content (AvgIpc) is 3.16. The highest BCUT2D eigenvalue weighted by atomic mass is 16.5. The second-order valence-electron chi connectivity index (χ2n) is 9.97. The number of ketones is 2. The van der Waals surface area contributed by atoms with Crippen LogP contribution in [0.5, 0.6) is 11.5 Å². The second kappa shape index (κ2) is 8.40. The summed E-state index contributed by atoms with van der Waals surface area (Å²) in [7, 11) is 1.44. The Kier molecular flexibility index (Phi) is 5.26. The lowest BCUT2D eigenvalue weighted by Crippen LogP contribution is -2.39. The fourth-order valence-electron chi connectivity index (χ4n) is 6.51. The summed E-state index contributed by atoms with van der Waals surface area (Å²) in [4.78, 5) is 55.2. The van der Waals surface area contributed by atoms with Gasteiger partial charge in [-0.15, -0.1) is 0 Å². The van der Waals surface area contributed by atoms with Gasteiger partial charge in [0, 0.05) is 28.2 Å². The lowest BCUT2D eigenvalue weighted by atomic mass is 9.59. The van der Waals surface area contributed by atoms with Gasteiger partial charge in [-0.25, -0.2) is 0 Å². The van der Waals surface area contributed by atoms with Crippen molar-refractivity contribution in [3.05, 3.63) is 88.5 Å². The molecule has 1 fully saturated rings. The molecule has 2 aromatic rings. The highest BCUT2D eigenvalue weighted by Gasteiger charge is 2.56. The minimum Gasteiger partial charge on any atom is -0.504 e. The fourth-order valence-corrected chi connectivity index (χ4v) is 6.51. The van der Waals surface area contributed by atoms with Crippen molar-refractivity contribution in [2.24, 2.45) is 17.8 Å². The van der Waals surface area contributed by atoms with E-state index in [1.807, 2.05) is 12.1 Å². The third kappa shape index (κ3) is 3.26. The van der Waals surface area contributed by atoms with Crippen LogP contribution in [0.2, 0.25) is 0 Å². The maximum atomic E-state index is 13.8. The van der Waals surface area contributed by atoms with Gasteiger partial charge >= 0.3 is 0 Å². The number of fused-ring (bicyclic) bond motifs is 3. The number of anilines is 1. The van der Waals surface area contributed by atoms with Crippen LogP contribution in [-0.2, 0) is 19.2 Å². The third-order valence-corrected chi connectivity index (χ3v) is 8.14. The number of imide groups is 1. The summed E-state index contributed by atoms with van der Waals surface area (Å²) in [5.41, 5.74) is 2.78. The molecule has 0 spiro atoms. The lowest BCUT2D eigenvalue weighted by molar-refractivity contribution is -0.123. The number of allylic oxidation sites excluding steroid dienone is 6. The van der Waals surface area contributed by atoms with E-state index in [9.17, 15) is 24.3 Å². The first-order valence-corrected chi connectivity index (χ1v) is 12.3. The Morgan fingerprint density at radius 2 is 1.70 bits per heavy atom. The number of amides is 2. The molecule has 37 heavy (non-hydrogen) atoms. The minimum absolute atomic E-state index is 0.114. The van der Waals surface area contributed by atoms with Crippen LogP contribution in [0.1, 0.15) is 31.2 Å². The molecular formula is C30H25NO6. The Bertz CT molecular complexity index is 1480. The van der Waals surface area contributed by atoms with Gasteiger partial charge in [-0.05, 0) is 50.0 Å². The number of carbonyl (C=O) groups excluding carboxylic acids is 4. The molecule has 0 saturated carbocycles. The number of hydrogen-bond acceptors (Lipinski definition) is 6. The molecule has 1 heterocycles. The molecule has 1 saturated heterocycles. The lowest BCUT2D eigenvalue weighted by Gasteiger charge is -2.42. The minimum atomic E-state index is -0.723. The van der Waals surface area contributed by atoms with E-state index in [4.69, 9.17) is 4.74 Å². The van der Waals surface area contributed by atoms with Gasteiger partial charge in [0.05, 0.1) is 24.6 Å². The van der Waals surface area contributed by atoms with E-state index < -0.39 is 23.7 Å². The number of ether oxygens (including phenoxy) is 1. The zero-order valence-electron chi connectivity index (χ0n) is 20.4. The van der Waals surface area contributed by atoms with Crippen molar-refractivity contribution >= 4 is 29.1 Å². The van der Waals surface area contributed by atoms with Crippen LogP contribution in [0.4, 0.5) is 5.69 Å². The van der Waals surface area contributed by atoms with Crippen molar-refractivity contribution in [1.82, 2.24) is 0 Å². The van der Waals surface area contributed by atoms with Crippen LogP contribution in [0.15, 0.2) is 83.0 Å². The first kappa shape index (κ1) is 23.2. The van der Waals surface area contributed by atoms with Crippen molar-refractivity contribution in [2.75, 3.05) is 12.0 Å². The van der Waals surface area contributed by atoms with E-state index in [-0.39, 0.29) is 41.3 Å². The molecule has 7 heteroatoms. The average molecular weight is 496 g/mol. The van der Waals surface area contributed by atoms with Crippen LogP contribution >= 0.6 is 0 Å². The molecule has 0 bridgehead atoms. The fraction of sp³-hybridized carbons (Fsp3) is 0.267. The summed E-state index contributed by atoms with van der Waals surface area (Å²) in [6.07, 6.45) is 3.81. The predicted molar refractivity (Wildman–Crippen MR) is 135 cm³/mol. The number of carbonyl (C=O) groups is 4. The van der Waals surface area contributed by atoms with E-state index in [0.717, 1.165) is 5.57 Å². The number of benzene rings is 2. The van der Waals surface area contributed by atoms with E-state index >= 15 is 0 Å². The predicted octanol–water partition coefficient (Wildman–Crippen LogP) is 4.03. The number of rotatable bonds is 3. The smallest absolute Gasteiger partial charge is 0.238 e. The van der Waals surface area contributed by atoms with Gasteiger partial charge < -0.3 is 9.84 Å². The maximum absolute atomic E-state index is 13.8. The molecule has 186 valence electrons. The molecule has 4 unspecified atom stereocenters. The van der Waals surface area contributed by atoms with Gasteiger partial charge in [0.15, 0.2) is 23.1 Å². The second-order valence-corrected chi connectivity index (χ2v) is 9.97. The van der Waals surface area contributed by atoms with Gasteiger partial charge in [-0.1, -0.05) is 42.0 Å². The summed E-state index contributed by atoms with van der Waals surface area (Å²) < 4.78 is 5.32. The van der Waals surface area contributed by atoms with Crippen molar-refractivity contribution < 1.29 is 29.0 Å². The van der Waals surface area contributed by atoms with Crippen molar-refractivity contribution in [3.8, 4) is 11.5 Å². The van der Waals surface area contributed by atoms with Crippen LogP contribution < -0.4 is 9.64 Å². The highest BCUT2D eigenvalue weighted by molar-refractivity contribution is 6.25. The van der Waals surface area contributed by atoms with Gasteiger partial charge in [0.25, 0.3) is 0 Å². The molecule has 3 aliphatic carbocycles. The number of Topliss-reactive ketones (excluding diaryl/α,β-unsaturated/α-hetero) is 1. The van der Waals surface area contributed by atoms with Crippen molar-refractivity contribution in [3.63, 3.8) is 0 Å². The topological polar surface area (TPSA) is 101 Å². The molecular weight excluding hydrogens is 470 g/mol. The number of phenolic OH excluding ortho intramolecular Hbond substituents is 1. The largest absolute Gasteiger partial charge is 0.504 e. The number of methoxy groups -OCH3 is 1. The molecule has 7 nitrogen and oxygen atoms in total. The summed E-state index contributed by atoms with van der Waals surface area (Å²) in [6, 6.07) is 13.9. The summed E-state index contributed by atoms with van der Waals surface area (Å²) in [5, 5.41) is 11.1. The Labute approximate surface area is 213 Å². The zero-order valence-corrected chi connectivity index (χ0v) is 20.4. The molecule has 1 aliphatic heterocycles. The molecule has 2 amide bonds. The molecule has 1 N–H and O–H groups in total. The SMILES string of the molecule is COc1cccc(C2C3=CCC4C(=O)N(c5ccccc5)C(=O)C4C3CC3=C2C(=O)C=C(C)C3=O)c1O. The summed E-state index contributed by atoms with van der Waals surface area (Å²) in [5.74, 6) is -3.31. The number of phenols is 1. The molecule has 0 radical (unpaired) electrons. The highest BCUT2D eigenvalue weighted by Crippen LogP contribution is 2.56. The van der Waals surface area contributed by atoms with Crippen molar-refractivity contribution in [2.45, 2.75) is 25.7 Å². The van der Waals surface area contributed by atoms with Gasteiger partial charge in [0.1, 0.15) is 0 Å². The van der Waals surface area contributed by atoms with Gasteiger partial charge in [-0.3, -0.25) is 24.1 Å². The number of para-hydroxylation sites is 2. The van der Waals surface area contributed by atoms with E-state index in [2.05, 4.69) is 0 Å². The number of nitrogens with zero attached hydrogens (tertiary/aromatic N) is 1. The van der Waals surface area contributed by atoms with Crippen LogP contribution in [-0.4, -0.2) is 35.6 Å². The standard InChI is InChI=1S/C30H25NO6/c1-15-13-22(32)26-21(27(15)33)14-20-17(24(26)18-9-6-10-23(37-2)28(18)34)11-12-19-25(20)30(36)31(29(19)35)16-7-4-3-5-8-16/h3-11,13,19-20,24-25,34H,12,14H2,1-2H3. The first-order chi connectivity index (χ1) is 17.8. The van der Waals surface area contributed by atoms with E-state index in [1.54, 1.807) is 49.4 Å². The van der Waals surface area contributed by atoms with Gasteiger partial charge in [0.2, 0.25) is 11.8 Å². The van der Waals surface area contributed by atoms with Crippen molar-refractivity contribution in [1.29, 1.82) is 0 Å². The monoisotopic (exact) mass is 495 g/mol. The maximum Gasteiger partial charge on any atom is 0.238 e.